The van der Waals surface area contributed by atoms with Gasteiger partial charge in [0.15, 0.2) is 5.65 Å². The molecule has 4 heterocycles. The number of aromatic nitrogens is 4. The number of hydrogen-bond donors (Lipinski definition) is 1. The Balaban J connectivity index is 1.41. The predicted molar refractivity (Wildman–Crippen MR) is 111 cm³/mol. The van der Waals surface area contributed by atoms with Crippen LogP contribution >= 0.6 is 0 Å². The minimum absolute atomic E-state index is 0.0126. The van der Waals surface area contributed by atoms with Crippen molar-refractivity contribution in [1.29, 1.82) is 0 Å². The molecule has 2 aromatic heterocycles. The van der Waals surface area contributed by atoms with Crippen LogP contribution < -0.4 is 5.56 Å². The molecule has 2 atom stereocenters. The largest absolute Gasteiger partial charge is 0.381 e. The Morgan fingerprint density at radius 2 is 2.03 bits per heavy atom. The molecule has 2 aliphatic rings. The first-order valence-electron chi connectivity index (χ1n) is 10.7. The van der Waals surface area contributed by atoms with Crippen molar-refractivity contribution in [3.05, 3.63) is 57.8 Å². The molecule has 0 amide bonds. The number of fused-ring (bicyclic) bond motifs is 1. The minimum atomic E-state index is -0.579. The zero-order valence-corrected chi connectivity index (χ0v) is 17.4. The van der Waals surface area contributed by atoms with Crippen molar-refractivity contribution in [2.45, 2.75) is 38.3 Å². The van der Waals surface area contributed by atoms with E-state index in [9.17, 15) is 13.6 Å². The molecule has 0 aliphatic carbocycles. The summed E-state index contributed by atoms with van der Waals surface area (Å²) in [5.74, 6) is -0.238. The monoisotopic (exact) mass is 429 g/mol. The Labute approximate surface area is 178 Å². The number of aromatic amines is 1. The molecule has 164 valence electrons. The van der Waals surface area contributed by atoms with E-state index in [1.165, 1.54) is 12.1 Å². The molecular formula is C22H25F2N5O2. The number of rotatable bonds is 4. The zero-order chi connectivity index (χ0) is 21.5. The van der Waals surface area contributed by atoms with Gasteiger partial charge in [0.2, 0.25) is 0 Å². The van der Waals surface area contributed by atoms with Gasteiger partial charge in [0, 0.05) is 50.4 Å². The van der Waals surface area contributed by atoms with Crippen molar-refractivity contribution in [3.8, 4) is 0 Å². The van der Waals surface area contributed by atoms with E-state index in [-0.39, 0.29) is 23.4 Å². The molecule has 2 saturated heterocycles. The number of benzene rings is 1. The van der Waals surface area contributed by atoms with Crippen molar-refractivity contribution in [3.63, 3.8) is 0 Å². The molecule has 9 heteroatoms. The first-order chi connectivity index (χ1) is 15.0. The molecule has 2 fully saturated rings. The molecule has 31 heavy (non-hydrogen) atoms. The van der Waals surface area contributed by atoms with Crippen LogP contribution in [-0.4, -0.2) is 51.0 Å². The van der Waals surface area contributed by atoms with Gasteiger partial charge in [-0.1, -0.05) is 13.0 Å². The minimum Gasteiger partial charge on any atom is -0.381 e. The molecule has 0 spiro atoms. The van der Waals surface area contributed by atoms with E-state index >= 15 is 0 Å². The second kappa shape index (κ2) is 8.12. The first-order valence-corrected chi connectivity index (χ1v) is 10.7. The van der Waals surface area contributed by atoms with Crippen LogP contribution in [0.2, 0.25) is 0 Å². The summed E-state index contributed by atoms with van der Waals surface area (Å²) in [6.45, 7) is 5.22. The van der Waals surface area contributed by atoms with E-state index in [0.717, 1.165) is 25.5 Å². The summed E-state index contributed by atoms with van der Waals surface area (Å²) in [6.07, 6.45) is 3.27. The number of nitrogens with one attached hydrogen (secondary N) is 1. The highest BCUT2D eigenvalue weighted by molar-refractivity contribution is 5.73. The van der Waals surface area contributed by atoms with Gasteiger partial charge in [0.25, 0.3) is 5.56 Å². The first kappa shape index (κ1) is 20.3. The average Bonchev–Trinajstić information content (AvgIpc) is 3.34. The summed E-state index contributed by atoms with van der Waals surface area (Å²) in [7, 11) is 0. The fourth-order valence-corrected chi connectivity index (χ4v) is 4.77. The number of ether oxygens (including phenoxy) is 1. The third kappa shape index (κ3) is 3.87. The normalized spacial score (nSPS) is 23.1. The molecule has 2 aliphatic heterocycles. The highest BCUT2D eigenvalue weighted by Crippen LogP contribution is 2.32. The molecule has 0 radical (unpaired) electrons. The van der Waals surface area contributed by atoms with Crippen LogP contribution in [0.1, 0.15) is 43.1 Å². The number of halogens is 2. The van der Waals surface area contributed by atoms with E-state index in [4.69, 9.17) is 9.72 Å². The molecule has 0 unspecified atom stereocenters. The van der Waals surface area contributed by atoms with E-state index in [0.29, 0.717) is 48.7 Å². The van der Waals surface area contributed by atoms with Crippen LogP contribution in [0.4, 0.5) is 8.78 Å². The van der Waals surface area contributed by atoms with Crippen LogP contribution in [0.25, 0.3) is 11.0 Å². The van der Waals surface area contributed by atoms with Crippen LogP contribution in [0, 0.1) is 17.6 Å². The molecule has 7 nitrogen and oxygen atoms in total. The second-order valence-electron chi connectivity index (χ2n) is 8.63. The van der Waals surface area contributed by atoms with E-state index < -0.39 is 11.6 Å². The number of likely N-dealkylation sites (tertiary alicyclic amines) is 1. The molecule has 0 bridgehead atoms. The smallest absolute Gasteiger partial charge is 0.262 e. The summed E-state index contributed by atoms with van der Waals surface area (Å²) >= 11 is 0. The van der Waals surface area contributed by atoms with Crippen molar-refractivity contribution in [2.24, 2.45) is 5.92 Å². The van der Waals surface area contributed by atoms with Crippen LogP contribution in [-0.2, 0) is 11.3 Å². The molecule has 3 aromatic rings. The van der Waals surface area contributed by atoms with E-state index in [1.807, 2.05) is 4.68 Å². The molecule has 5 rings (SSSR count). The quantitative estimate of drug-likeness (QED) is 0.690. The van der Waals surface area contributed by atoms with Crippen molar-refractivity contribution >= 4 is 11.0 Å². The lowest BCUT2D eigenvalue weighted by molar-refractivity contribution is 0.0673. The standard InChI is InChI=1S/C22H25F2N5O2/c1-13-10-28(11-14-2-3-15(23)8-19(14)24)12-18(13)20-26-21-17(22(30)27-20)9-25-29(21)16-4-6-31-7-5-16/h2-3,8-9,13,16,18H,4-7,10-12H2,1H3,(H,26,27,30)/t13-,18-/m1/s1. The van der Waals surface area contributed by atoms with Gasteiger partial charge in [-0.3, -0.25) is 9.69 Å². The van der Waals surface area contributed by atoms with Gasteiger partial charge in [-0.15, -0.1) is 0 Å². The Morgan fingerprint density at radius 3 is 2.81 bits per heavy atom. The van der Waals surface area contributed by atoms with Gasteiger partial charge < -0.3 is 9.72 Å². The number of H-pyrrole nitrogens is 1. The third-order valence-corrected chi connectivity index (χ3v) is 6.47. The Morgan fingerprint density at radius 1 is 1.23 bits per heavy atom. The Bertz CT molecular complexity index is 1150. The maximum absolute atomic E-state index is 14.1. The molecule has 1 aromatic carbocycles. The lowest BCUT2D eigenvalue weighted by Crippen LogP contribution is -2.23. The van der Waals surface area contributed by atoms with Gasteiger partial charge in [-0.2, -0.15) is 5.10 Å². The van der Waals surface area contributed by atoms with Crippen LogP contribution in [0.5, 0.6) is 0 Å². The lowest BCUT2D eigenvalue weighted by atomic mass is 9.97. The summed E-state index contributed by atoms with van der Waals surface area (Å²) in [5, 5.41) is 4.94. The topological polar surface area (TPSA) is 76.0 Å². The van der Waals surface area contributed by atoms with Crippen LogP contribution in [0.3, 0.4) is 0 Å². The number of nitrogens with zero attached hydrogens (tertiary/aromatic N) is 4. The fraction of sp³-hybridized carbons (Fsp3) is 0.500. The highest BCUT2D eigenvalue weighted by Gasteiger charge is 2.33. The van der Waals surface area contributed by atoms with Gasteiger partial charge in [-0.25, -0.2) is 18.4 Å². The number of hydrogen-bond acceptors (Lipinski definition) is 5. The zero-order valence-electron chi connectivity index (χ0n) is 17.4. The van der Waals surface area contributed by atoms with Gasteiger partial charge in [0.05, 0.1) is 12.2 Å². The summed E-state index contributed by atoms with van der Waals surface area (Å²) in [6, 6.07) is 3.85. The summed E-state index contributed by atoms with van der Waals surface area (Å²) in [5.41, 5.74) is 0.887. The average molecular weight is 429 g/mol. The van der Waals surface area contributed by atoms with E-state index in [1.54, 1.807) is 6.20 Å². The lowest BCUT2D eigenvalue weighted by Gasteiger charge is -2.23. The third-order valence-electron chi connectivity index (χ3n) is 6.47. The maximum Gasteiger partial charge on any atom is 0.262 e. The predicted octanol–water partition coefficient (Wildman–Crippen LogP) is 2.98. The summed E-state index contributed by atoms with van der Waals surface area (Å²) < 4.78 is 34.6. The summed E-state index contributed by atoms with van der Waals surface area (Å²) in [4.78, 5) is 22.6. The van der Waals surface area contributed by atoms with Crippen molar-refractivity contribution < 1.29 is 13.5 Å². The van der Waals surface area contributed by atoms with Gasteiger partial charge in [0.1, 0.15) is 22.8 Å². The van der Waals surface area contributed by atoms with Crippen LogP contribution in [0.15, 0.2) is 29.2 Å². The van der Waals surface area contributed by atoms with E-state index in [2.05, 4.69) is 21.9 Å². The Hall–Kier alpha value is -2.65. The van der Waals surface area contributed by atoms with Crippen molar-refractivity contribution in [2.75, 3.05) is 26.3 Å². The van der Waals surface area contributed by atoms with Gasteiger partial charge in [-0.05, 0) is 24.8 Å². The fourth-order valence-electron chi connectivity index (χ4n) is 4.77. The maximum atomic E-state index is 14.1. The SMILES string of the molecule is C[C@@H]1CN(Cc2ccc(F)cc2F)C[C@H]1c1nc2c(cnn2C2CCOCC2)c(=O)[nH]1. The molecule has 0 saturated carbocycles. The second-order valence-corrected chi connectivity index (χ2v) is 8.63. The highest BCUT2D eigenvalue weighted by atomic mass is 19.1. The molecule has 1 N–H and O–H groups in total. The Kier molecular flexibility index (Phi) is 5.31. The van der Waals surface area contributed by atoms with Crippen molar-refractivity contribution in [1.82, 2.24) is 24.6 Å². The molecular weight excluding hydrogens is 404 g/mol. The van der Waals surface area contributed by atoms with Gasteiger partial charge >= 0.3 is 0 Å².